The number of carbonyl (C=O) groups is 2. The van der Waals surface area contributed by atoms with Crippen molar-refractivity contribution in [1.82, 2.24) is 5.32 Å². The van der Waals surface area contributed by atoms with Crippen LogP contribution >= 0.6 is 0 Å². The molecule has 0 radical (unpaired) electrons. The lowest BCUT2D eigenvalue weighted by Gasteiger charge is -1.98. The summed E-state index contributed by atoms with van der Waals surface area (Å²) in [6.07, 6.45) is 1.23. The van der Waals surface area contributed by atoms with E-state index < -0.39 is 11.8 Å². The number of amides is 2. The van der Waals surface area contributed by atoms with E-state index in [-0.39, 0.29) is 12.0 Å². The molecule has 0 atom stereocenters. The molecule has 0 heterocycles. The van der Waals surface area contributed by atoms with Gasteiger partial charge in [-0.25, -0.2) is 0 Å². The van der Waals surface area contributed by atoms with Gasteiger partial charge in [0.2, 0.25) is 11.8 Å². The van der Waals surface area contributed by atoms with Crippen LogP contribution in [0.1, 0.15) is 6.42 Å². The summed E-state index contributed by atoms with van der Waals surface area (Å²) in [5.74, 6) is -1.22. The van der Waals surface area contributed by atoms with Gasteiger partial charge in [0.05, 0.1) is 6.42 Å². The predicted molar refractivity (Wildman–Crippen MR) is 40.1 cm³/mol. The minimum atomic E-state index is -0.641. The molecule has 0 aromatic carbocycles. The van der Waals surface area contributed by atoms with Crippen molar-refractivity contribution in [3.63, 3.8) is 0 Å². The molecule has 0 aliphatic rings. The molecule has 0 aliphatic heterocycles. The van der Waals surface area contributed by atoms with Gasteiger partial charge in [-0.2, -0.15) is 0 Å². The maximum absolute atomic E-state index is 10.5. The summed E-state index contributed by atoms with van der Waals surface area (Å²) in [7, 11) is 1.60. The number of nitrogens with one attached hydrogen (secondary N) is 1. The molecule has 0 rings (SSSR count). The van der Waals surface area contributed by atoms with Crippen LogP contribution in [0.3, 0.4) is 0 Å². The van der Waals surface area contributed by atoms with Crippen LogP contribution in [0.4, 0.5) is 0 Å². The van der Waals surface area contributed by atoms with E-state index in [9.17, 15) is 9.59 Å². The van der Waals surface area contributed by atoms with Crippen LogP contribution in [0.2, 0.25) is 0 Å². The minimum absolute atomic E-state index is 0.129. The zero-order chi connectivity index (χ0) is 8.85. The predicted octanol–water partition coefficient (Wildman–Crippen LogP) is -1.55. The van der Waals surface area contributed by atoms with Crippen molar-refractivity contribution in [1.29, 1.82) is 0 Å². The normalized spacial score (nSPS) is 10.8. The Morgan fingerprint density at radius 1 is 1.45 bits per heavy atom. The van der Waals surface area contributed by atoms with Crippen molar-refractivity contribution >= 4 is 11.8 Å². The van der Waals surface area contributed by atoms with Gasteiger partial charge in [0, 0.05) is 18.8 Å². The van der Waals surface area contributed by atoms with Crippen molar-refractivity contribution < 1.29 is 9.59 Å². The fourth-order valence-electron chi connectivity index (χ4n) is 0.571. The molecule has 0 fully saturated rings. The summed E-state index contributed by atoms with van der Waals surface area (Å²) < 4.78 is 0. The summed E-state index contributed by atoms with van der Waals surface area (Å²) in [4.78, 5) is 20.9. The fourth-order valence-corrected chi connectivity index (χ4v) is 0.571. The molecule has 62 valence electrons. The summed E-state index contributed by atoms with van der Waals surface area (Å²) in [5.41, 5.74) is 9.94. The molecule has 0 bridgehead atoms. The SMILES string of the molecule is CN/C=C(\CC(N)=O)C(N)=O. The van der Waals surface area contributed by atoms with Gasteiger partial charge in [0.1, 0.15) is 0 Å². The maximum atomic E-state index is 10.5. The van der Waals surface area contributed by atoms with Crippen molar-refractivity contribution in [3.8, 4) is 0 Å². The highest BCUT2D eigenvalue weighted by Gasteiger charge is 2.06. The monoisotopic (exact) mass is 157 g/mol. The quantitative estimate of drug-likeness (QED) is 0.431. The van der Waals surface area contributed by atoms with E-state index in [0.717, 1.165) is 0 Å². The van der Waals surface area contributed by atoms with Crippen LogP contribution in [0, 0.1) is 0 Å². The summed E-state index contributed by atoms with van der Waals surface area (Å²) in [6, 6.07) is 0. The van der Waals surface area contributed by atoms with Crippen molar-refractivity contribution in [2.75, 3.05) is 7.05 Å². The molecule has 5 heteroatoms. The Morgan fingerprint density at radius 2 is 2.00 bits per heavy atom. The number of primary amides is 2. The Labute approximate surface area is 64.4 Å². The van der Waals surface area contributed by atoms with Crippen molar-refractivity contribution in [2.24, 2.45) is 11.5 Å². The first-order valence-corrected chi connectivity index (χ1v) is 3.02. The Morgan fingerprint density at radius 3 is 2.27 bits per heavy atom. The molecule has 5 N–H and O–H groups in total. The van der Waals surface area contributed by atoms with Crippen molar-refractivity contribution in [2.45, 2.75) is 6.42 Å². The molecule has 0 saturated carbocycles. The van der Waals surface area contributed by atoms with Gasteiger partial charge in [0.15, 0.2) is 0 Å². The second-order valence-electron chi connectivity index (χ2n) is 1.97. The largest absolute Gasteiger partial charge is 0.394 e. The molecule has 5 nitrogen and oxygen atoms in total. The van der Waals surface area contributed by atoms with E-state index >= 15 is 0 Å². The third-order valence-corrected chi connectivity index (χ3v) is 1.000. The number of rotatable bonds is 4. The van der Waals surface area contributed by atoms with Crippen LogP contribution in [0.25, 0.3) is 0 Å². The van der Waals surface area contributed by atoms with Gasteiger partial charge in [-0.05, 0) is 0 Å². The van der Waals surface area contributed by atoms with Gasteiger partial charge in [-0.15, -0.1) is 0 Å². The first-order chi connectivity index (χ1) is 5.07. The van der Waals surface area contributed by atoms with Crippen LogP contribution in [0.15, 0.2) is 11.8 Å². The zero-order valence-corrected chi connectivity index (χ0v) is 6.26. The standard InChI is InChI=1S/C6H11N3O2/c1-9-3-4(6(8)11)2-5(7)10/h3,9H,2H2,1H3,(H2,7,10)(H2,8,11)/b4-3+. The van der Waals surface area contributed by atoms with E-state index in [1.165, 1.54) is 6.20 Å². The van der Waals surface area contributed by atoms with Gasteiger partial charge >= 0.3 is 0 Å². The first-order valence-electron chi connectivity index (χ1n) is 3.02. The Kier molecular flexibility index (Phi) is 3.72. The number of nitrogens with two attached hydrogens (primary N) is 2. The number of hydrogen-bond acceptors (Lipinski definition) is 3. The lowest BCUT2D eigenvalue weighted by molar-refractivity contribution is -0.120. The second-order valence-corrected chi connectivity index (χ2v) is 1.97. The molecular formula is C6H11N3O2. The van der Waals surface area contributed by atoms with Crippen LogP contribution in [0.5, 0.6) is 0 Å². The zero-order valence-electron chi connectivity index (χ0n) is 6.26. The summed E-state index contributed by atoms with van der Waals surface area (Å²) >= 11 is 0. The highest BCUT2D eigenvalue weighted by atomic mass is 16.2. The van der Waals surface area contributed by atoms with E-state index in [1.807, 2.05) is 0 Å². The molecule has 0 aliphatic carbocycles. The Bertz CT molecular complexity index is 198. The third-order valence-electron chi connectivity index (χ3n) is 1.000. The first kappa shape index (κ1) is 9.48. The average Bonchev–Trinajstić information content (AvgIpc) is 1.86. The number of carbonyl (C=O) groups excluding carboxylic acids is 2. The molecule has 0 spiro atoms. The minimum Gasteiger partial charge on any atom is -0.394 e. The highest BCUT2D eigenvalue weighted by molar-refractivity contribution is 5.97. The lowest BCUT2D eigenvalue weighted by atomic mass is 10.2. The van der Waals surface area contributed by atoms with Crippen LogP contribution < -0.4 is 16.8 Å². The molecule has 0 aromatic heterocycles. The van der Waals surface area contributed by atoms with Crippen molar-refractivity contribution in [3.05, 3.63) is 11.8 Å². The molecular weight excluding hydrogens is 146 g/mol. The molecule has 0 unspecified atom stereocenters. The second kappa shape index (κ2) is 4.32. The third kappa shape index (κ3) is 3.96. The van der Waals surface area contributed by atoms with E-state index in [0.29, 0.717) is 0 Å². The Balaban J connectivity index is 4.23. The highest BCUT2D eigenvalue weighted by Crippen LogP contribution is 1.96. The van der Waals surface area contributed by atoms with Gasteiger partial charge < -0.3 is 16.8 Å². The van der Waals surface area contributed by atoms with E-state index in [4.69, 9.17) is 11.5 Å². The Hall–Kier alpha value is -1.52. The summed E-state index contributed by atoms with van der Waals surface area (Å²) in [5, 5.41) is 2.58. The lowest BCUT2D eigenvalue weighted by Crippen LogP contribution is -2.21. The average molecular weight is 157 g/mol. The van der Waals surface area contributed by atoms with E-state index in [2.05, 4.69) is 5.32 Å². The fraction of sp³-hybridized carbons (Fsp3) is 0.333. The smallest absolute Gasteiger partial charge is 0.246 e. The van der Waals surface area contributed by atoms with Crippen LogP contribution in [-0.2, 0) is 9.59 Å². The molecule has 11 heavy (non-hydrogen) atoms. The topological polar surface area (TPSA) is 98.2 Å². The van der Waals surface area contributed by atoms with E-state index in [1.54, 1.807) is 7.05 Å². The van der Waals surface area contributed by atoms with Gasteiger partial charge in [-0.3, -0.25) is 9.59 Å². The summed E-state index contributed by atoms with van der Waals surface area (Å²) in [6.45, 7) is 0. The van der Waals surface area contributed by atoms with Crippen LogP contribution in [-0.4, -0.2) is 18.9 Å². The van der Waals surface area contributed by atoms with Gasteiger partial charge in [0.25, 0.3) is 0 Å². The van der Waals surface area contributed by atoms with Gasteiger partial charge in [-0.1, -0.05) is 0 Å². The number of hydrogen-bond donors (Lipinski definition) is 3. The molecule has 0 saturated heterocycles. The maximum Gasteiger partial charge on any atom is 0.246 e. The molecule has 0 aromatic rings. The molecule has 2 amide bonds.